The number of likely N-dealkylation sites (tertiary alicyclic amines) is 1. The van der Waals surface area contributed by atoms with E-state index in [9.17, 15) is 4.79 Å². The van der Waals surface area contributed by atoms with Crippen LogP contribution in [0.5, 0.6) is 0 Å². The molecule has 1 fully saturated rings. The van der Waals surface area contributed by atoms with Gasteiger partial charge in [-0.2, -0.15) is 5.26 Å². The molecule has 0 aromatic carbocycles. The van der Waals surface area contributed by atoms with Gasteiger partial charge in [0.15, 0.2) is 0 Å². The average Bonchev–Trinajstić information content (AvgIpc) is 2.46. The Labute approximate surface area is 118 Å². The molecule has 108 valence electrons. The summed E-state index contributed by atoms with van der Waals surface area (Å²) < 4.78 is 0. The Balaban J connectivity index is 2.06. The maximum atomic E-state index is 12.0. The molecular weight excluding hydrogens is 236 g/mol. The predicted molar refractivity (Wildman–Crippen MR) is 77.5 cm³/mol. The summed E-state index contributed by atoms with van der Waals surface area (Å²) in [6, 6.07) is 2.29. The molecule has 0 aliphatic carbocycles. The lowest BCUT2D eigenvalue weighted by Crippen LogP contribution is -2.39. The van der Waals surface area contributed by atoms with E-state index in [1.54, 1.807) is 0 Å². The first kappa shape index (κ1) is 16.0. The van der Waals surface area contributed by atoms with Crippen LogP contribution >= 0.6 is 0 Å². The first-order valence-electron chi connectivity index (χ1n) is 7.95. The fraction of sp³-hybridized carbons (Fsp3) is 0.875. The van der Waals surface area contributed by atoms with Crippen LogP contribution in [0.15, 0.2) is 0 Å². The minimum Gasteiger partial charge on any atom is -0.341 e. The third-order valence-electron chi connectivity index (χ3n) is 3.95. The van der Waals surface area contributed by atoms with Crippen LogP contribution in [0.2, 0.25) is 0 Å². The lowest BCUT2D eigenvalue weighted by Gasteiger charge is -2.29. The van der Waals surface area contributed by atoms with Gasteiger partial charge in [0.25, 0.3) is 0 Å². The number of amides is 1. The van der Waals surface area contributed by atoms with Crippen LogP contribution in [0.25, 0.3) is 0 Å². The van der Waals surface area contributed by atoms with Gasteiger partial charge in [-0.3, -0.25) is 4.79 Å². The normalized spacial score (nSPS) is 19.2. The molecule has 3 nitrogen and oxygen atoms in total. The van der Waals surface area contributed by atoms with Crippen molar-refractivity contribution in [1.82, 2.24) is 4.90 Å². The van der Waals surface area contributed by atoms with Crippen molar-refractivity contribution in [3.63, 3.8) is 0 Å². The third kappa shape index (κ3) is 6.61. The van der Waals surface area contributed by atoms with Gasteiger partial charge in [0.1, 0.15) is 0 Å². The molecule has 1 heterocycles. The molecule has 0 bridgehead atoms. The van der Waals surface area contributed by atoms with Gasteiger partial charge in [0, 0.05) is 19.5 Å². The Morgan fingerprint density at radius 1 is 1.21 bits per heavy atom. The fourth-order valence-corrected chi connectivity index (χ4v) is 2.70. The average molecular weight is 264 g/mol. The maximum Gasteiger partial charge on any atom is 0.222 e. The summed E-state index contributed by atoms with van der Waals surface area (Å²) in [5.74, 6) is 0.320. The topological polar surface area (TPSA) is 44.1 Å². The molecule has 1 atom stereocenters. The van der Waals surface area contributed by atoms with Crippen LogP contribution in [0.1, 0.15) is 71.1 Å². The number of unbranched alkanes of at least 4 members (excludes halogenated alkanes) is 6. The lowest BCUT2D eigenvalue weighted by molar-refractivity contribution is -0.132. The second-order valence-corrected chi connectivity index (χ2v) is 5.68. The molecule has 0 spiro atoms. The van der Waals surface area contributed by atoms with Gasteiger partial charge >= 0.3 is 0 Å². The summed E-state index contributed by atoms with van der Waals surface area (Å²) in [7, 11) is 0. The highest BCUT2D eigenvalue weighted by atomic mass is 16.2. The molecule has 1 rings (SSSR count). The highest BCUT2D eigenvalue weighted by Gasteiger charge is 2.22. The van der Waals surface area contributed by atoms with E-state index in [-0.39, 0.29) is 11.8 Å². The predicted octanol–water partition coefficient (Wildman–Crippen LogP) is 3.89. The molecule has 0 saturated carbocycles. The van der Waals surface area contributed by atoms with Crippen molar-refractivity contribution >= 4 is 5.91 Å². The zero-order valence-corrected chi connectivity index (χ0v) is 12.4. The Morgan fingerprint density at radius 3 is 2.58 bits per heavy atom. The fourth-order valence-electron chi connectivity index (χ4n) is 2.70. The number of rotatable bonds is 8. The van der Waals surface area contributed by atoms with Crippen LogP contribution < -0.4 is 0 Å². The SMILES string of the molecule is CCCCCCCCCC(=O)N1CCCC(C#N)C1. The first-order valence-corrected chi connectivity index (χ1v) is 7.95. The standard InChI is InChI=1S/C16H28N2O/c1-2-3-4-5-6-7-8-11-16(19)18-12-9-10-15(13-17)14-18/h15H,2-12,14H2,1H3. The maximum absolute atomic E-state index is 12.0. The number of carbonyl (C=O) groups excluding carboxylic acids is 1. The van der Waals surface area contributed by atoms with Gasteiger partial charge in [-0.1, -0.05) is 45.4 Å². The van der Waals surface area contributed by atoms with Crippen molar-refractivity contribution in [2.24, 2.45) is 5.92 Å². The monoisotopic (exact) mass is 264 g/mol. The molecule has 0 aromatic rings. The van der Waals surface area contributed by atoms with E-state index in [0.29, 0.717) is 13.0 Å². The molecular formula is C16H28N2O. The highest BCUT2D eigenvalue weighted by molar-refractivity contribution is 5.76. The summed E-state index contributed by atoms with van der Waals surface area (Å²) in [5.41, 5.74) is 0. The molecule has 1 unspecified atom stereocenters. The molecule has 0 aromatic heterocycles. The van der Waals surface area contributed by atoms with E-state index >= 15 is 0 Å². The van der Waals surface area contributed by atoms with Crippen LogP contribution in [-0.2, 0) is 4.79 Å². The summed E-state index contributed by atoms with van der Waals surface area (Å²) >= 11 is 0. The largest absolute Gasteiger partial charge is 0.341 e. The summed E-state index contributed by atoms with van der Waals surface area (Å²) in [5, 5.41) is 8.92. The van der Waals surface area contributed by atoms with Crippen LogP contribution in [0, 0.1) is 17.2 Å². The molecule has 0 radical (unpaired) electrons. The molecule has 3 heteroatoms. The second-order valence-electron chi connectivity index (χ2n) is 5.68. The molecule has 1 amide bonds. The zero-order valence-electron chi connectivity index (χ0n) is 12.4. The van der Waals surface area contributed by atoms with E-state index < -0.39 is 0 Å². The van der Waals surface area contributed by atoms with Gasteiger partial charge in [-0.05, 0) is 19.3 Å². The first-order chi connectivity index (χ1) is 9.27. The number of piperidine rings is 1. The zero-order chi connectivity index (χ0) is 13.9. The smallest absolute Gasteiger partial charge is 0.222 e. The van der Waals surface area contributed by atoms with E-state index in [4.69, 9.17) is 5.26 Å². The van der Waals surface area contributed by atoms with Gasteiger partial charge in [0.05, 0.1) is 12.0 Å². The van der Waals surface area contributed by atoms with E-state index in [2.05, 4.69) is 13.0 Å². The molecule has 1 aliphatic rings. The van der Waals surface area contributed by atoms with E-state index in [1.807, 2.05) is 4.90 Å². The molecule has 19 heavy (non-hydrogen) atoms. The second kappa shape index (κ2) is 9.83. The lowest BCUT2D eigenvalue weighted by atomic mass is 9.99. The van der Waals surface area contributed by atoms with E-state index in [0.717, 1.165) is 25.8 Å². The van der Waals surface area contributed by atoms with Crippen molar-refractivity contribution in [3.8, 4) is 6.07 Å². The van der Waals surface area contributed by atoms with Crippen molar-refractivity contribution in [2.75, 3.05) is 13.1 Å². The van der Waals surface area contributed by atoms with Crippen molar-refractivity contribution in [3.05, 3.63) is 0 Å². The third-order valence-corrected chi connectivity index (χ3v) is 3.95. The Kier molecular flexibility index (Phi) is 8.29. The van der Waals surface area contributed by atoms with Gasteiger partial charge < -0.3 is 4.90 Å². The number of nitriles is 1. The Morgan fingerprint density at radius 2 is 1.89 bits per heavy atom. The van der Waals surface area contributed by atoms with Gasteiger partial charge in [-0.25, -0.2) is 0 Å². The van der Waals surface area contributed by atoms with E-state index in [1.165, 1.54) is 38.5 Å². The molecule has 1 saturated heterocycles. The minimum absolute atomic E-state index is 0.0618. The van der Waals surface area contributed by atoms with Crippen molar-refractivity contribution < 1.29 is 4.79 Å². The number of hydrogen-bond acceptors (Lipinski definition) is 2. The quantitative estimate of drug-likeness (QED) is 0.624. The number of carbonyl (C=O) groups is 1. The van der Waals surface area contributed by atoms with Crippen molar-refractivity contribution in [2.45, 2.75) is 71.1 Å². The highest BCUT2D eigenvalue weighted by Crippen LogP contribution is 2.17. The summed E-state index contributed by atoms with van der Waals surface area (Å²) in [6.07, 6.45) is 11.3. The van der Waals surface area contributed by atoms with Crippen LogP contribution in [-0.4, -0.2) is 23.9 Å². The van der Waals surface area contributed by atoms with Crippen LogP contribution in [0.4, 0.5) is 0 Å². The van der Waals surface area contributed by atoms with Gasteiger partial charge in [-0.15, -0.1) is 0 Å². The summed E-state index contributed by atoms with van der Waals surface area (Å²) in [4.78, 5) is 13.9. The number of hydrogen-bond donors (Lipinski definition) is 0. The van der Waals surface area contributed by atoms with Crippen LogP contribution in [0.3, 0.4) is 0 Å². The molecule has 0 N–H and O–H groups in total. The summed E-state index contributed by atoms with van der Waals surface area (Å²) in [6.45, 7) is 3.74. The Bertz CT molecular complexity index is 296. The molecule has 1 aliphatic heterocycles. The van der Waals surface area contributed by atoms with Gasteiger partial charge in [0.2, 0.25) is 5.91 Å². The minimum atomic E-state index is 0.0618. The Hall–Kier alpha value is -1.04. The van der Waals surface area contributed by atoms with Crippen molar-refractivity contribution in [1.29, 1.82) is 5.26 Å². The number of nitrogens with zero attached hydrogens (tertiary/aromatic N) is 2.